The number of methoxy groups -OCH3 is 1. The summed E-state index contributed by atoms with van der Waals surface area (Å²) >= 11 is 0. The Bertz CT molecular complexity index is 681. The van der Waals surface area contributed by atoms with Gasteiger partial charge in [-0.05, 0) is 63.4 Å². The molecular formula is C22H34OSi. The Kier molecular flexibility index (Phi) is 5.49. The molecule has 0 heterocycles. The lowest BCUT2D eigenvalue weighted by atomic mass is 10.1. The minimum absolute atomic E-state index is 0.614. The summed E-state index contributed by atoms with van der Waals surface area (Å²) in [6.45, 7) is 18.5. The normalized spacial score (nSPS) is 16.4. The third-order valence-electron chi connectivity index (χ3n) is 6.59. The van der Waals surface area contributed by atoms with Crippen LogP contribution in [-0.4, -0.2) is 15.2 Å². The van der Waals surface area contributed by atoms with E-state index in [4.69, 9.17) is 4.74 Å². The molecule has 0 saturated heterocycles. The fourth-order valence-electron chi connectivity index (χ4n) is 4.97. The van der Waals surface area contributed by atoms with Crippen molar-refractivity contribution < 1.29 is 4.74 Å². The van der Waals surface area contributed by atoms with Crippen LogP contribution in [0.15, 0.2) is 34.4 Å². The fraction of sp³-hybridized carbons (Fsp3) is 0.545. The Balaban J connectivity index is 2.80. The molecule has 0 bridgehead atoms. The number of ether oxygens (including phenoxy) is 1. The summed E-state index contributed by atoms with van der Waals surface area (Å²) in [6.07, 6.45) is 0. The Morgan fingerprint density at radius 3 is 1.79 bits per heavy atom. The van der Waals surface area contributed by atoms with Gasteiger partial charge in [0.2, 0.25) is 0 Å². The molecule has 1 nitrogen and oxygen atoms in total. The molecule has 1 aliphatic rings. The van der Waals surface area contributed by atoms with Crippen molar-refractivity contribution in [2.45, 2.75) is 73.0 Å². The third kappa shape index (κ3) is 2.69. The zero-order valence-corrected chi connectivity index (χ0v) is 18.1. The molecular weight excluding hydrogens is 308 g/mol. The second kappa shape index (κ2) is 6.91. The molecule has 0 unspecified atom stereocenters. The molecule has 0 amide bonds. The average molecular weight is 343 g/mol. The van der Waals surface area contributed by atoms with Crippen LogP contribution in [0.3, 0.4) is 0 Å². The van der Waals surface area contributed by atoms with E-state index in [0.29, 0.717) is 5.54 Å². The number of aryl methyl sites for hydroxylation is 2. The van der Waals surface area contributed by atoms with Gasteiger partial charge in [0.05, 0.1) is 7.11 Å². The highest BCUT2D eigenvalue weighted by Gasteiger charge is 2.46. The predicted molar refractivity (Wildman–Crippen MR) is 109 cm³/mol. The van der Waals surface area contributed by atoms with Gasteiger partial charge in [0.1, 0.15) is 13.8 Å². The van der Waals surface area contributed by atoms with Gasteiger partial charge in [-0.3, -0.25) is 0 Å². The van der Waals surface area contributed by atoms with E-state index in [1.165, 1.54) is 39.5 Å². The second-order valence-electron chi connectivity index (χ2n) is 7.57. The maximum absolute atomic E-state index is 5.93. The molecule has 1 aromatic rings. The molecule has 0 aromatic heterocycles. The van der Waals surface area contributed by atoms with Crippen LogP contribution < -0.4 is 9.92 Å². The van der Waals surface area contributed by atoms with Crippen LogP contribution in [0.2, 0.25) is 17.6 Å². The summed E-state index contributed by atoms with van der Waals surface area (Å²) in [6, 6.07) is 7.18. The summed E-state index contributed by atoms with van der Waals surface area (Å²) in [5.74, 6) is 1.14. The topological polar surface area (TPSA) is 9.23 Å². The lowest BCUT2D eigenvalue weighted by Crippen LogP contribution is -2.52. The molecule has 1 aliphatic carbocycles. The van der Waals surface area contributed by atoms with Gasteiger partial charge in [0, 0.05) is 5.54 Å². The molecule has 0 radical (unpaired) electrons. The SMILES string of the molecule is CC[Si](CC)(c1cc(C)cc(C)c1OC)C1C(C)=C(C)C(C)=C1C. The van der Waals surface area contributed by atoms with E-state index in [2.05, 4.69) is 67.5 Å². The number of hydrogen-bond acceptors (Lipinski definition) is 1. The predicted octanol–water partition coefficient (Wildman–Crippen LogP) is 6.06. The van der Waals surface area contributed by atoms with E-state index in [0.717, 1.165) is 5.75 Å². The van der Waals surface area contributed by atoms with E-state index in [9.17, 15) is 0 Å². The van der Waals surface area contributed by atoms with Crippen molar-refractivity contribution in [3.63, 3.8) is 0 Å². The van der Waals surface area contributed by atoms with Gasteiger partial charge in [-0.15, -0.1) is 0 Å². The first-order valence-corrected chi connectivity index (χ1v) is 11.7. The molecule has 1 aromatic carbocycles. The average Bonchev–Trinajstić information content (AvgIpc) is 2.74. The van der Waals surface area contributed by atoms with Crippen molar-refractivity contribution in [1.82, 2.24) is 0 Å². The fourth-order valence-corrected chi connectivity index (χ4v) is 10.7. The maximum Gasteiger partial charge on any atom is 0.121 e. The molecule has 2 rings (SSSR count). The Labute approximate surface area is 149 Å². The molecule has 0 atom stereocenters. The zero-order chi connectivity index (χ0) is 18.2. The molecule has 0 N–H and O–H groups in total. The van der Waals surface area contributed by atoms with E-state index in [1.807, 2.05) is 7.11 Å². The van der Waals surface area contributed by atoms with E-state index in [1.54, 1.807) is 11.1 Å². The van der Waals surface area contributed by atoms with Crippen LogP contribution in [0.25, 0.3) is 0 Å². The summed E-state index contributed by atoms with van der Waals surface area (Å²) in [5.41, 5.74) is 9.47. The number of allylic oxidation sites excluding steroid dienone is 4. The van der Waals surface area contributed by atoms with Crippen molar-refractivity contribution in [3.8, 4) is 5.75 Å². The molecule has 2 heteroatoms. The zero-order valence-electron chi connectivity index (χ0n) is 17.1. The minimum Gasteiger partial charge on any atom is -0.497 e. The van der Waals surface area contributed by atoms with Crippen molar-refractivity contribution in [1.29, 1.82) is 0 Å². The first kappa shape index (κ1) is 19.0. The van der Waals surface area contributed by atoms with Crippen LogP contribution >= 0.6 is 0 Å². The van der Waals surface area contributed by atoms with Crippen molar-refractivity contribution in [2.24, 2.45) is 0 Å². The van der Waals surface area contributed by atoms with E-state index in [-0.39, 0.29) is 0 Å². The first-order chi connectivity index (χ1) is 11.2. The van der Waals surface area contributed by atoms with E-state index < -0.39 is 8.07 Å². The smallest absolute Gasteiger partial charge is 0.121 e. The summed E-state index contributed by atoms with van der Waals surface area (Å²) in [5, 5.41) is 1.53. The van der Waals surface area contributed by atoms with Crippen molar-refractivity contribution in [2.75, 3.05) is 7.11 Å². The standard InChI is InChI=1S/C22H34OSi/c1-10-24(11-2,22-18(7)16(5)17(6)19(22)8)20-13-14(3)12-15(4)21(20)23-9/h12-13,22H,10-11H2,1-9H3. The highest BCUT2D eigenvalue weighted by molar-refractivity contribution is 6.94. The molecule has 132 valence electrons. The van der Waals surface area contributed by atoms with Gasteiger partial charge in [-0.2, -0.15) is 0 Å². The Morgan fingerprint density at radius 1 is 0.875 bits per heavy atom. The molecule has 24 heavy (non-hydrogen) atoms. The number of rotatable bonds is 5. The van der Waals surface area contributed by atoms with Gasteiger partial charge >= 0.3 is 0 Å². The second-order valence-corrected chi connectivity index (χ2v) is 12.4. The molecule has 0 fully saturated rings. The third-order valence-corrected chi connectivity index (χ3v) is 12.5. The van der Waals surface area contributed by atoms with Crippen LogP contribution in [-0.2, 0) is 0 Å². The maximum atomic E-state index is 5.93. The molecule has 0 aliphatic heterocycles. The largest absolute Gasteiger partial charge is 0.497 e. The first-order valence-electron chi connectivity index (χ1n) is 9.25. The van der Waals surface area contributed by atoms with Crippen LogP contribution in [0.1, 0.15) is 52.7 Å². The minimum atomic E-state index is -1.77. The Hall–Kier alpha value is -1.28. The quantitative estimate of drug-likeness (QED) is 0.591. The van der Waals surface area contributed by atoms with Crippen LogP contribution in [0.5, 0.6) is 5.75 Å². The van der Waals surface area contributed by atoms with Gasteiger partial charge in [-0.1, -0.05) is 54.8 Å². The lowest BCUT2D eigenvalue weighted by molar-refractivity contribution is 0.414. The molecule has 0 saturated carbocycles. The van der Waals surface area contributed by atoms with Gasteiger partial charge in [0.15, 0.2) is 0 Å². The van der Waals surface area contributed by atoms with Crippen LogP contribution in [0.4, 0.5) is 0 Å². The van der Waals surface area contributed by atoms with Gasteiger partial charge < -0.3 is 4.74 Å². The Morgan fingerprint density at radius 2 is 1.38 bits per heavy atom. The highest BCUT2D eigenvalue weighted by Crippen LogP contribution is 2.49. The van der Waals surface area contributed by atoms with E-state index >= 15 is 0 Å². The summed E-state index contributed by atoms with van der Waals surface area (Å²) < 4.78 is 5.93. The number of hydrogen-bond donors (Lipinski definition) is 0. The van der Waals surface area contributed by atoms with Crippen LogP contribution in [0, 0.1) is 13.8 Å². The van der Waals surface area contributed by atoms with Gasteiger partial charge in [0.25, 0.3) is 0 Å². The van der Waals surface area contributed by atoms with Gasteiger partial charge in [-0.25, -0.2) is 0 Å². The molecule has 0 spiro atoms. The monoisotopic (exact) mass is 342 g/mol. The van der Waals surface area contributed by atoms with Crippen molar-refractivity contribution >= 4 is 13.3 Å². The lowest BCUT2D eigenvalue weighted by Gasteiger charge is -2.40. The van der Waals surface area contributed by atoms with Crippen molar-refractivity contribution in [3.05, 3.63) is 45.6 Å². The summed E-state index contributed by atoms with van der Waals surface area (Å²) in [4.78, 5) is 0. The number of benzene rings is 1. The highest BCUT2D eigenvalue weighted by atomic mass is 28.3. The summed E-state index contributed by atoms with van der Waals surface area (Å²) in [7, 11) is 0.0702.